The fourth-order valence-corrected chi connectivity index (χ4v) is 7.03. The third-order valence-corrected chi connectivity index (χ3v) is 7.71. The number of esters is 1. The Kier molecular flexibility index (Phi) is 4.68. The number of anilines is 1. The molecule has 31 heavy (non-hydrogen) atoms. The number of carbonyl (C=O) groups excluding carboxylic acids is 2. The fraction of sp³-hybridized carbons (Fsp3) is 0.640. The molecule has 1 aromatic rings. The summed E-state index contributed by atoms with van der Waals surface area (Å²) in [5, 5.41) is 3.77. The molecule has 2 atom stereocenters. The normalized spacial score (nSPS) is 32.7. The lowest BCUT2D eigenvalue weighted by molar-refractivity contribution is -0.163. The molecule has 166 valence electrons. The lowest BCUT2D eigenvalue weighted by Gasteiger charge is -2.60. The van der Waals surface area contributed by atoms with Gasteiger partial charge in [0.05, 0.1) is 23.4 Å². The van der Waals surface area contributed by atoms with Crippen LogP contribution in [0.2, 0.25) is 0 Å². The van der Waals surface area contributed by atoms with Crippen LogP contribution in [0.3, 0.4) is 0 Å². The van der Waals surface area contributed by atoms with Crippen LogP contribution in [0.25, 0.3) is 6.08 Å². The third-order valence-electron chi connectivity index (χ3n) is 7.71. The van der Waals surface area contributed by atoms with Crippen molar-refractivity contribution in [2.24, 2.45) is 28.9 Å². The molecule has 6 heteroatoms. The summed E-state index contributed by atoms with van der Waals surface area (Å²) in [6, 6.07) is 0.307. The molecule has 1 amide bonds. The van der Waals surface area contributed by atoms with Gasteiger partial charge in [-0.05, 0) is 76.0 Å². The van der Waals surface area contributed by atoms with Crippen molar-refractivity contribution in [1.82, 2.24) is 4.98 Å². The lowest BCUT2D eigenvalue weighted by atomic mass is 9.47. The number of hydrogen-bond donors (Lipinski definition) is 2. The average Bonchev–Trinajstić information content (AvgIpc) is 3.10. The molecule has 4 fully saturated rings. The van der Waals surface area contributed by atoms with E-state index in [9.17, 15) is 9.59 Å². The molecule has 5 aliphatic carbocycles. The maximum absolute atomic E-state index is 12.7. The molecule has 0 aliphatic heterocycles. The van der Waals surface area contributed by atoms with Crippen LogP contribution in [0.4, 0.5) is 5.69 Å². The number of primary amides is 1. The lowest BCUT2D eigenvalue weighted by Crippen LogP contribution is -2.56. The molecular weight excluding hydrogens is 390 g/mol. The Labute approximate surface area is 184 Å². The van der Waals surface area contributed by atoms with Gasteiger partial charge >= 0.3 is 5.97 Å². The zero-order chi connectivity index (χ0) is 22.0. The van der Waals surface area contributed by atoms with Gasteiger partial charge in [0.25, 0.3) is 5.91 Å². The van der Waals surface area contributed by atoms with E-state index in [2.05, 4.69) is 22.5 Å². The number of rotatable bonds is 5. The molecule has 2 unspecified atom stereocenters. The number of aromatic nitrogens is 1. The van der Waals surface area contributed by atoms with E-state index in [0.29, 0.717) is 35.8 Å². The summed E-state index contributed by atoms with van der Waals surface area (Å²) >= 11 is 0. The highest BCUT2D eigenvalue weighted by Gasteiger charge is 2.56. The summed E-state index contributed by atoms with van der Waals surface area (Å²) in [7, 11) is 0. The summed E-state index contributed by atoms with van der Waals surface area (Å²) in [5.41, 5.74) is 8.66. The van der Waals surface area contributed by atoms with Crippen molar-refractivity contribution in [2.45, 2.75) is 77.4 Å². The molecule has 5 aliphatic rings. The van der Waals surface area contributed by atoms with Crippen molar-refractivity contribution in [3.63, 3.8) is 0 Å². The average molecular weight is 424 g/mol. The second-order valence-electron chi connectivity index (χ2n) is 11.3. The molecule has 0 radical (unpaired) electrons. The number of carbonyl (C=O) groups is 2. The van der Waals surface area contributed by atoms with Gasteiger partial charge in [-0.15, -0.1) is 0 Å². The number of allylic oxidation sites excluding steroid dienone is 1. The summed E-state index contributed by atoms with van der Waals surface area (Å²) in [5.74, 6) is 1.19. The first-order chi connectivity index (χ1) is 14.6. The first kappa shape index (κ1) is 20.5. The van der Waals surface area contributed by atoms with Gasteiger partial charge in [-0.1, -0.05) is 12.2 Å². The minimum atomic E-state index is -0.441. The standard InChI is InChI=1S/C25H33N3O3/c1-24(2,3)31-20(29)12-25-9-14-7-15(10-25)21(16(8-14)11-25)28-22-17-5-4-6-19(17)27-13-18(22)23(26)30/h4-5,13-16,21H,6-12H2,1-3H3,(H2,26,30)(H,27,28). The Hall–Kier alpha value is -2.37. The SMILES string of the molecule is CC(C)(C)OC(=O)CC12CC3CC(C1)C(Nc1c(C(N)=O)cnc4c1C=CC4)C(C3)C2. The molecule has 6 rings (SSSR count). The van der Waals surface area contributed by atoms with E-state index >= 15 is 0 Å². The molecule has 1 aromatic heterocycles. The highest BCUT2D eigenvalue weighted by Crippen LogP contribution is 2.62. The molecule has 6 nitrogen and oxygen atoms in total. The van der Waals surface area contributed by atoms with Crippen LogP contribution in [-0.2, 0) is 16.0 Å². The minimum absolute atomic E-state index is 0.0629. The maximum Gasteiger partial charge on any atom is 0.306 e. The number of nitrogens with two attached hydrogens (primary N) is 1. The molecule has 1 heterocycles. The van der Waals surface area contributed by atoms with Gasteiger partial charge in [-0.3, -0.25) is 14.6 Å². The third kappa shape index (κ3) is 3.74. The van der Waals surface area contributed by atoms with E-state index in [-0.39, 0.29) is 11.4 Å². The van der Waals surface area contributed by atoms with Crippen molar-refractivity contribution >= 4 is 23.6 Å². The van der Waals surface area contributed by atoms with Crippen LogP contribution in [0.1, 0.15) is 80.9 Å². The van der Waals surface area contributed by atoms with Crippen LogP contribution in [-0.4, -0.2) is 28.5 Å². The first-order valence-corrected chi connectivity index (χ1v) is 11.6. The Morgan fingerprint density at radius 3 is 2.58 bits per heavy atom. The van der Waals surface area contributed by atoms with Crippen molar-refractivity contribution in [1.29, 1.82) is 0 Å². The smallest absolute Gasteiger partial charge is 0.306 e. The van der Waals surface area contributed by atoms with Crippen LogP contribution in [0.15, 0.2) is 12.3 Å². The predicted octanol–water partition coefficient (Wildman–Crippen LogP) is 4.09. The zero-order valence-electron chi connectivity index (χ0n) is 18.7. The largest absolute Gasteiger partial charge is 0.460 e. The number of nitrogens with one attached hydrogen (secondary N) is 1. The van der Waals surface area contributed by atoms with E-state index in [0.717, 1.165) is 42.6 Å². The van der Waals surface area contributed by atoms with Gasteiger partial charge in [0.1, 0.15) is 5.60 Å². The highest BCUT2D eigenvalue weighted by molar-refractivity contribution is 6.00. The summed E-state index contributed by atoms with van der Waals surface area (Å²) in [6.45, 7) is 5.80. The zero-order valence-corrected chi connectivity index (χ0v) is 18.7. The Bertz CT molecular complexity index is 945. The van der Waals surface area contributed by atoms with Crippen LogP contribution < -0.4 is 11.1 Å². The summed E-state index contributed by atoms with van der Waals surface area (Å²) < 4.78 is 5.67. The molecular formula is C25H33N3O3. The van der Waals surface area contributed by atoms with Crippen molar-refractivity contribution < 1.29 is 14.3 Å². The van der Waals surface area contributed by atoms with Gasteiger partial charge in [-0.2, -0.15) is 0 Å². The van der Waals surface area contributed by atoms with Gasteiger partial charge in [0, 0.05) is 24.2 Å². The van der Waals surface area contributed by atoms with Crippen molar-refractivity contribution in [2.75, 3.05) is 5.32 Å². The van der Waals surface area contributed by atoms with Crippen LogP contribution >= 0.6 is 0 Å². The number of amides is 1. The minimum Gasteiger partial charge on any atom is -0.460 e. The molecule has 3 N–H and O–H groups in total. The maximum atomic E-state index is 12.7. The van der Waals surface area contributed by atoms with E-state index in [1.54, 1.807) is 6.20 Å². The number of fused-ring (bicyclic) bond motifs is 1. The predicted molar refractivity (Wildman–Crippen MR) is 119 cm³/mol. The number of pyridine rings is 1. The van der Waals surface area contributed by atoms with Crippen LogP contribution in [0, 0.1) is 23.2 Å². The van der Waals surface area contributed by atoms with Gasteiger partial charge < -0.3 is 15.8 Å². The van der Waals surface area contributed by atoms with E-state index < -0.39 is 11.5 Å². The molecule has 0 saturated heterocycles. The molecule has 0 spiro atoms. The van der Waals surface area contributed by atoms with Crippen molar-refractivity contribution in [3.8, 4) is 0 Å². The summed E-state index contributed by atoms with van der Waals surface area (Å²) in [4.78, 5) is 29.2. The fourth-order valence-electron chi connectivity index (χ4n) is 7.03. The highest BCUT2D eigenvalue weighted by atomic mass is 16.6. The summed E-state index contributed by atoms with van der Waals surface area (Å²) in [6.07, 6.45) is 12.7. The van der Waals surface area contributed by atoms with E-state index in [4.69, 9.17) is 10.5 Å². The van der Waals surface area contributed by atoms with Gasteiger partial charge in [0.2, 0.25) is 0 Å². The van der Waals surface area contributed by atoms with Crippen LogP contribution in [0.5, 0.6) is 0 Å². The quantitative estimate of drug-likeness (QED) is 0.696. The topological polar surface area (TPSA) is 94.3 Å². The second-order valence-corrected chi connectivity index (χ2v) is 11.3. The molecule has 4 bridgehead atoms. The monoisotopic (exact) mass is 423 g/mol. The van der Waals surface area contributed by atoms with Gasteiger partial charge in [0.15, 0.2) is 0 Å². The Balaban J connectivity index is 1.38. The number of hydrogen-bond acceptors (Lipinski definition) is 5. The second kappa shape index (κ2) is 7.07. The molecule has 0 aromatic carbocycles. The number of ether oxygens (including phenoxy) is 1. The first-order valence-electron chi connectivity index (χ1n) is 11.6. The Morgan fingerprint density at radius 2 is 1.94 bits per heavy atom. The molecule has 4 saturated carbocycles. The van der Waals surface area contributed by atoms with Gasteiger partial charge in [-0.25, -0.2) is 0 Å². The van der Waals surface area contributed by atoms with E-state index in [1.165, 1.54) is 12.8 Å². The number of nitrogens with zero attached hydrogens (tertiary/aromatic N) is 1. The van der Waals surface area contributed by atoms with E-state index in [1.807, 2.05) is 20.8 Å². The van der Waals surface area contributed by atoms with Crippen molar-refractivity contribution in [3.05, 3.63) is 29.1 Å². The Morgan fingerprint density at radius 1 is 1.23 bits per heavy atom.